The number of rotatable bonds is 2. The molecule has 0 amide bonds. The maximum atomic E-state index is 10.7. The Morgan fingerprint density at radius 2 is 1.88 bits per heavy atom. The van der Waals surface area contributed by atoms with Crippen molar-refractivity contribution >= 4 is 64.3 Å². The largest absolute Gasteiger partial charge is 0.267 e. The number of hydrogen-bond acceptors (Lipinski definition) is 4. The summed E-state index contributed by atoms with van der Waals surface area (Å²) in [7, 11) is 1.42. The summed E-state index contributed by atoms with van der Waals surface area (Å²) in [4.78, 5) is 10.7. The summed E-state index contributed by atoms with van der Waals surface area (Å²) in [5.74, 6) is 0. The molecule has 1 aliphatic heterocycles. The quantitative estimate of drug-likeness (QED) is 0.442. The van der Waals surface area contributed by atoms with E-state index in [1.807, 2.05) is 0 Å². The normalized spacial score (nSPS) is 21.8. The van der Waals surface area contributed by atoms with Crippen LogP contribution in [-0.4, -0.2) is 42.7 Å². The number of hydrazone groups is 1. The molecule has 0 N–H and O–H groups in total. The predicted octanol–water partition coefficient (Wildman–Crippen LogP) is 2.24. The Labute approximate surface area is 116 Å². The molecule has 1 rings (SSSR count). The molecule has 0 bridgehead atoms. The van der Waals surface area contributed by atoms with E-state index in [2.05, 4.69) is 5.10 Å². The Hall–Kier alpha value is 0.120. The minimum atomic E-state index is -2.11. The van der Waals surface area contributed by atoms with Gasteiger partial charge in [-0.2, -0.15) is 5.10 Å². The van der Waals surface area contributed by atoms with E-state index in [0.29, 0.717) is 5.01 Å². The molecule has 0 saturated carbocycles. The minimum Gasteiger partial charge on any atom is -0.267 e. The van der Waals surface area contributed by atoms with Crippen LogP contribution in [0, 0.1) is 10.1 Å². The number of alkyl halides is 5. The Morgan fingerprint density at radius 1 is 1.38 bits per heavy atom. The van der Waals surface area contributed by atoms with Crippen LogP contribution in [0.25, 0.3) is 0 Å². The molecular formula is C5H5Cl5N4O2. The summed E-state index contributed by atoms with van der Waals surface area (Å²) in [6, 6.07) is 0. The zero-order chi connectivity index (χ0) is 12.7. The van der Waals surface area contributed by atoms with E-state index in [1.165, 1.54) is 7.05 Å². The highest BCUT2D eigenvalue weighted by Gasteiger charge is 2.60. The smallest absolute Gasteiger partial charge is 0.227 e. The highest BCUT2D eigenvalue weighted by molar-refractivity contribution is 6.75. The third-order valence-electron chi connectivity index (χ3n) is 1.85. The highest BCUT2D eigenvalue weighted by atomic mass is 35.6. The van der Waals surface area contributed by atoms with Gasteiger partial charge in [0.1, 0.15) is 0 Å². The van der Waals surface area contributed by atoms with Gasteiger partial charge in [0, 0.05) is 7.05 Å². The molecule has 1 unspecified atom stereocenters. The van der Waals surface area contributed by atoms with E-state index >= 15 is 0 Å². The van der Waals surface area contributed by atoms with Gasteiger partial charge in [0.2, 0.25) is 14.3 Å². The lowest BCUT2D eigenvalue weighted by Crippen LogP contribution is -2.57. The molecule has 0 fully saturated rings. The Morgan fingerprint density at radius 3 is 2.25 bits per heavy atom. The van der Waals surface area contributed by atoms with Gasteiger partial charge in [-0.05, 0) is 0 Å². The highest BCUT2D eigenvalue weighted by Crippen LogP contribution is 2.50. The van der Waals surface area contributed by atoms with Crippen molar-refractivity contribution < 1.29 is 5.03 Å². The second-order valence-corrected chi connectivity index (χ2v) is 6.58. The lowest BCUT2D eigenvalue weighted by molar-refractivity contribution is -0.638. The molecule has 6 nitrogen and oxygen atoms in total. The summed E-state index contributed by atoms with van der Waals surface area (Å²) >= 11 is 28.4. The van der Waals surface area contributed by atoms with Gasteiger partial charge in [-0.15, -0.1) is 0 Å². The van der Waals surface area contributed by atoms with Crippen molar-refractivity contribution in [2.45, 2.75) is 14.3 Å². The number of nitrogens with zero attached hydrogens (tertiary/aromatic N) is 4. The van der Waals surface area contributed by atoms with Crippen molar-refractivity contribution in [2.75, 3.05) is 7.05 Å². The lowest BCUT2D eigenvalue weighted by Gasteiger charge is -2.35. The molecule has 0 aromatic heterocycles. The van der Waals surface area contributed by atoms with Crippen LogP contribution in [0.1, 0.15) is 0 Å². The fourth-order valence-electron chi connectivity index (χ4n) is 1.11. The molecule has 1 atom stereocenters. The van der Waals surface area contributed by atoms with Crippen LogP contribution in [0.4, 0.5) is 0 Å². The van der Waals surface area contributed by atoms with Gasteiger partial charge in [-0.1, -0.05) is 63.0 Å². The summed E-state index contributed by atoms with van der Waals surface area (Å²) < 4.78 is -4.15. The second kappa shape index (κ2) is 4.42. The first-order valence-electron chi connectivity index (χ1n) is 3.73. The SMILES string of the molecule is CN1N=CN([N+](=O)[O-])C1C(Cl)(Cl)C(Cl)(Cl)Cl. The molecule has 11 heteroatoms. The molecule has 92 valence electrons. The lowest BCUT2D eigenvalue weighted by atomic mass is 10.3. The van der Waals surface area contributed by atoms with Gasteiger partial charge in [-0.25, -0.2) is 10.1 Å². The van der Waals surface area contributed by atoms with Gasteiger partial charge in [0.25, 0.3) is 0 Å². The van der Waals surface area contributed by atoms with E-state index < -0.39 is 19.3 Å². The third kappa shape index (κ3) is 2.36. The fourth-order valence-corrected chi connectivity index (χ4v) is 1.89. The van der Waals surface area contributed by atoms with Crippen molar-refractivity contribution in [3.05, 3.63) is 10.1 Å². The number of halogens is 5. The van der Waals surface area contributed by atoms with Crippen LogP contribution in [-0.2, 0) is 0 Å². The maximum Gasteiger partial charge on any atom is 0.227 e. The summed E-state index contributed by atoms with van der Waals surface area (Å²) in [5, 5.41) is 15.3. The molecule has 0 radical (unpaired) electrons. The van der Waals surface area contributed by atoms with Gasteiger partial charge in [0.05, 0.1) is 0 Å². The molecule has 0 aromatic carbocycles. The third-order valence-corrected chi connectivity index (χ3v) is 4.28. The number of hydrogen-bond donors (Lipinski definition) is 0. The van der Waals surface area contributed by atoms with E-state index in [4.69, 9.17) is 58.0 Å². The molecular weight excluding hydrogens is 325 g/mol. The van der Waals surface area contributed by atoms with Crippen molar-refractivity contribution in [1.29, 1.82) is 0 Å². The zero-order valence-electron chi connectivity index (χ0n) is 7.65. The van der Waals surface area contributed by atoms with Crippen LogP contribution in [0.5, 0.6) is 0 Å². The average molecular weight is 330 g/mol. The number of hydrazine groups is 1. The number of nitro groups is 1. The van der Waals surface area contributed by atoms with E-state index in [1.54, 1.807) is 0 Å². The monoisotopic (exact) mass is 328 g/mol. The summed E-state index contributed by atoms with van der Waals surface area (Å²) in [6.07, 6.45) is -0.293. The van der Waals surface area contributed by atoms with Crippen molar-refractivity contribution in [3.63, 3.8) is 0 Å². The molecule has 0 aromatic rings. The van der Waals surface area contributed by atoms with Gasteiger partial charge in [-0.3, -0.25) is 5.01 Å². The fraction of sp³-hybridized carbons (Fsp3) is 0.800. The van der Waals surface area contributed by atoms with Gasteiger partial charge >= 0.3 is 0 Å². The first kappa shape index (κ1) is 14.2. The van der Waals surface area contributed by atoms with Gasteiger partial charge < -0.3 is 0 Å². The average Bonchev–Trinajstić information content (AvgIpc) is 2.45. The topological polar surface area (TPSA) is 62.0 Å². The van der Waals surface area contributed by atoms with Crippen LogP contribution < -0.4 is 0 Å². The predicted molar refractivity (Wildman–Crippen MR) is 63.6 cm³/mol. The molecule has 1 aliphatic rings. The first-order chi connectivity index (χ1) is 7.09. The Balaban J connectivity index is 3.07. The molecule has 16 heavy (non-hydrogen) atoms. The standard InChI is InChI=1S/C5H5Cl5N4O2/c1-12-3(4(6,7)5(8,9)10)13(2-11-12)14(15)16/h2-3H,1H3. The zero-order valence-corrected chi connectivity index (χ0v) is 11.4. The second-order valence-electron chi connectivity index (χ2n) is 2.92. The maximum absolute atomic E-state index is 10.7. The first-order valence-corrected chi connectivity index (χ1v) is 5.62. The molecule has 0 spiro atoms. The summed E-state index contributed by atoms with van der Waals surface area (Å²) in [5.41, 5.74) is 0. The molecule has 0 aliphatic carbocycles. The van der Waals surface area contributed by atoms with Crippen molar-refractivity contribution in [2.24, 2.45) is 5.10 Å². The van der Waals surface area contributed by atoms with Crippen LogP contribution in [0.3, 0.4) is 0 Å². The van der Waals surface area contributed by atoms with Crippen molar-refractivity contribution in [1.82, 2.24) is 10.0 Å². The summed E-state index contributed by atoms with van der Waals surface area (Å²) in [6.45, 7) is 0. The van der Waals surface area contributed by atoms with E-state index in [-0.39, 0.29) is 0 Å². The molecule has 0 saturated heterocycles. The van der Waals surface area contributed by atoms with E-state index in [0.717, 1.165) is 11.3 Å². The molecule has 1 heterocycles. The van der Waals surface area contributed by atoms with E-state index in [9.17, 15) is 10.1 Å². The van der Waals surface area contributed by atoms with Crippen LogP contribution >= 0.6 is 58.0 Å². The van der Waals surface area contributed by atoms with Crippen LogP contribution in [0.15, 0.2) is 5.10 Å². The van der Waals surface area contributed by atoms with Gasteiger partial charge in [0.15, 0.2) is 11.4 Å². The van der Waals surface area contributed by atoms with Crippen LogP contribution in [0.2, 0.25) is 0 Å². The Kier molecular flexibility index (Phi) is 3.92. The Bertz CT molecular complexity index is 329. The minimum absolute atomic E-state index is 0.557. The van der Waals surface area contributed by atoms with Crippen molar-refractivity contribution in [3.8, 4) is 0 Å².